The lowest BCUT2D eigenvalue weighted by Gasteiger charge is -2.21. The van der Waals surface area contributed by atoms with E-state index in [-0.39, 0.29) is 5.91 Å². The van der Waals surface area contributed by atoms with Crippen molar-refractivity contribution in [1.82, 2.24) is 0 Å². The van der Waals surface area contributed by atoms with Crippen molar-refractivity contribution < 1.29 is 4.79 Å². The Morgan fingerprint density at radius 1 is 1.10 bits per heavy atom. The number of aryl methyl sites for hydroxylation is 3. The lowest BCUT2D eigenvalue weighted by Crippen LogP contribution is -2.26. The molecule has 1 amide bonds. The Kier molecular flexibility index (Phi) is 3.20. The molecule has 0 saturated carbocycles. The zero-order valence-corrected chi connectivity index (χ0v) is 12.7. The van der Waals surface area contributed by atoms with Crippen LogP contribution in [-0.2, 0) is 17.8 Å². The molecule has 0 aliphatic carbocycles. The summed E-state index contributed by atoms with van der Waals surface area (Å²) < 4.78 is 0. The van der Waals surface area contributed by atoms with Gasteiger partial charge in [-0.15, -0.1) is 0 Å². The number of hydrogen-bond acceptors (Lipinski definition) is 2. The van der Waals surface area contributed by atoms with Crippen LogP contribution in [0.1, 0.15) is 27.8 Å². The zero-order valence-electron chi connectivity index (χ0n) is 12.7. The summed E-state index contributed by atoms with van der Waals surface area (Å²) in [4.78, 5) is 14.2. The van der Waals surface area contributed by atoms with Crippen LogP contribution in [0.5, 0.6) is 0 Å². The Hall–Kier alpha value is -2.29. The molecule has 0 aromatic heterocycles. The van der Waals surface area contributed by atoms with Gasteiger partial charge in [0.15, 0.2) is 0 Å². The number of nitrogens with two attached hydrogens (primary N) is 1. The topological polar surface area (TPSA) is 46.3 Å². The van der Waals surface area contributed by atoms with E-state index in [9.17, 15) is 4.79 Å². The van der Waals surface area contributed by atoms with Crippen molar-refractivity contribution in [3.05, 3.63) is 58.1 Å². The molecule has 0 radical (unpaired) electrons. The molecular formula is C18H20N2O. The van der Waals surface area contributed by atoms with Gasteiger partial charge in [-0.25, -0.2) is 0 Å². The third kappa shape index (κ3) is 2.40. The Balaban J connectivity index is 1.99. The van der Waals surface area contributed by atoms with Crippen molar-refractivity contribution in [2.75, 3.05) is 10.6 Å². The van der Waals surface area contributed by atoms with Crippen LogP contribution in [0.2, 0.25) is 0 Å². The number of amides is 1. The smallest absolute Gasteiger partial charge is 0.231 e. The van der Waals surface area contributed by atoms with Crippen molar-refractivity contribution in [1.29, 1.82) is 0 Å². The summed E-state index contributed by atoms with van der Waals surface area (Å²) in [6.07, 6.45) is 0.449. The molecule has 1 heterocycles. The summed E-state index contributed by atoms with van der Waals surface area (Å²) in [5.41, 5.74) is 13.5. The second kappa shape index (κ2) is 4.92. The summed E-state index contributed by atoms with van der Waals surface area (Å²) >= 11 is 0. The average Bonchev–Trinajstić information content (AvgIpc) is 2.68. The van der Waals surface area contributed by atoms with Crippen molar-refractivity contribution >= 4 is 17.3 Å². The third-order valence-electron chi connectivity index (χ3n) is 4.19. The molecule has 3 rings (SSSR count). The van der Waals surface area contributed by atoms with Crippen LogP contribution in [-0.4, -0.2) is 5.91 Å². The van der Waals surface area contributed by atoms with Gasteiger partial charge in [-0.2, -0.15) is 0 Å². The maximum atomic E-state index is 12.3. The van der Waals surface area contributed by atoms with Crippen LogP contribution in [0.4, 0.5) is 11.4 Å². The van der Waals surface area contributed by atoms with Crippen LogP contribution in [0.15, 0.2) is 30.3 Å². The van der Waals surface area contributed by atoms with Crippen LogP contribution < -0.4 is 10.6 Å². The molecular weight excluding hydrogens is 260 g/mol. The summed E-state index contributed by atoms with van der Waals surface area (Å²) in [5.74, 6) is 0.148. The first-order chi connectivity index (χ1) is 9.95. The zero-order chi connectivity index (χ0) is 15.1. The number of carbonyl (C=O) groups is 1. The second-order valence-electron chi connectivity index (χ2n) is 5.92. The molecule has 0 atom stereocenters. The number of fused-ring (bicyclic) bond motifs is 1. The number of nitrogen functional groups attached to an aromatic ring is 1. The Bertz CT molecular complexity index is 711. The number of anilines is 2. The lowest BCUT2D eigenvalue weighted by molar-refractivity contribution is -0.117. The van der Waals surface area contributed by atoms with E-state index in [1.165, 1.54) is 22.3 Å². The minimum absolute atomic E-state index is 0.148. The highest BCUT2D eigenvalue weighted by atomic mass is 16.2. The Morgan fingerprint density at radius 2 is 1.76 bits per heavy atom. The molecule has 0 unspecified atom stereocenters. The van der Waals surface area contributed by atoms with Gasteiger partial charge >= 0.3 is 0 Å². The van der Waals surface area contributed by atoms with E-state index in [2.05, 4.69) is 32.9 Å². The first-order valence-electron chi connectivity index (χ1n) is 7.21. The molecule has 1 aliphatic rings. The van der Waals surface area contributed by atoms with E-state index in [4.69, 9.17) is 5.73 Å². The van der Waals surface area contributed by atoms with E-state index in [0.29, 0.717) is 18.7 Å². The average molecular weight is 280 g/mol. The molecule has 0 fully saturated rings. The van der Waals surface area contributed by atoms with Crippen LogP contribution in [0.3, 0.4) is 0 Å². The summed E-state index contributed by atoms with van der Waals surface area (Å²) in [6.45, 7) is 6.95. The summed E-state index contributed by atoms with van der Waals surface area (Å²) in [5, 5.41) is 0. The molecule has 2 aromatic rings. The van der Waals surface area contributed by atoms with Gasteiger partial charge in [0, 0.05) is 11.4 Å². The molecule has 0 saturated heterocycles. The molecule has 3 nitrogen and oxygen atoms in total. The summed E-state index contributed by atoms with van der Waals surface area (Å²) in [6, 6.07) is 10.1. The monoisotopic (exact) mass is 280 g/mol. The van der Waals surface area contributed by atoms with Crippen molar-refractivity contribution in [2.24, 2.45) is 0 Å². The predicted octanol–water partition coefficient (Wildman–Crippen LogP) is 3.28. The highest BCUT2D eigenvalue weighted by molar-refractivity contribution is 6.01. The van der Waals surface area contributed by atoms with Crippen molar-refractivity contribution in [2.45, 2.75) is 33.7 Å². The number of rotatable bonds is 2. The SMILES string of the molecule is Cc1cc(C)c(CN2C(=O)Cc3cc(N)ccc32)c(C)c1. The maximum absolute atomic E-state index is 12.3. The normalized spacial score (nSPS) is 13.7. The molecule has 21 heavy (non-hydrogen) atoms. The van der Waals surface area contributed by atoms with E-state index in [1.807, 2.05) is 23.1 Å². The van der Waals surface area contributed by atoms with E-state index in [0.717, 1.165) is 11.3 Å². The molecule has 0 spiro atoms. The van der Waals surface area contributed by atoms with Crippen LogP contribution in [0, 0.1) is 20.8 Å². The fourth-order valence-corrected chi connectivity index (χ4v) is 3.19. The van der Waals surface area contributed by atoms with Crippen LogP contribution in [0.25, 0.3) is 0 Å². The van der Waals surface area contributed by atoms with Gasteiger partial charge in [0.05, 0.1) is 13.0 Å². The maximum Gasteiger partial charge on any atom is 0.231 e. The molecule has 108 valence electrons. The number of hydrogen-bond donors (Lipinski definition) is 1. The summed E-state index contributed by atoms with van der Waals surface area (Å²) in [7, 11) is 0. The Morgan fingerprint density at radius 3 is 2.43 bits per heavy atom. The van der Waals surface area contributed by atoms with Gasteiger partial charge < -0.3 is 10.6 Å². The van der Waals surface area contributed by atoms with Crippen molar-refractivity contribution in [3.63, 3.8) is 0 Å². The van der Waals surface area contributed by atoms with Gasteiger partial charge in [-0.05, 0) is 61.2 Å². The minimum Gasteiger partial charge on any atom is -0.399 e. The van der Waals surface area contributed by atoms with Crippen molar-refractivity contribution in [3.8, 4) is 0 Å². The molecule has 1 aliphatic heterocycles. The van der Waals surface area contributed by atoms with Gasteiger partial charge in [0.2, 0.25) is 5.91 Å². The van der Waals surface area contributed by atoms with Gasteiger partial charge in [0.25, 0.3) is 0 Å². The number of benzene rings is 2. The van der Waals surface area contributed by atoms with E-state index < -0.39 is 0 Å². The standard InChI is InChI=1S/C18H20N2O/c1-11-6-12(2)16(13(3)7-11)10-20-17-5-4-15(19)8-14(17)9-18(20)21/h4-8H,9-10,19H2,1-3H3. The first kappa shape index (κ1) is 13.7. The fourth-order valence-electron chi connectivity index (χ4n) is 3.19. The molecule has 2 aromatic carbocycles. The van der Waals surface area contributed by atoms with Gasteiger partial charge in [0.1, 0.15) is 0 Å². The van der Waals surface area contributed by atoms with E-state index in [1.54, 1.807) is 0 Å². The first-order valence-corrected chi connectivity index (χ1v) is 7.21. The molecule has 0 bridgehead atoms. The quantitative estimate of drug-likeness (QED) is 0.858. The highest BCUT2D eigenvalue weighted by Gasteiger charge is 2.27. The fraction of sp³-hybridized carbons (Fsp3) is 0.278. The minimum atomic E-state index is 0.148. The Labute approximate surface area is 125 Å². The molecule has 3 heteroatoms. The van der Waals surface area contributed by atoms with Crippen LogP contribution >= 0.6 is 0 Å². The third-order valence-corrected chi connectivity index (χ3v) is 4.19. The van der Waals surface area contributed by atoms with Gasteiger partial charge in [-0.1, -0.05) is 17.7 Å². The number of nitrogens with zero attached hydrogens (tertiary/aromatic N) is 1. The molecule has 2 N–H and O–H groups in total. The van der Waals surface area contributed by atoms with Gasteiger partial charge in [-0.3, -0.25) is 4.79 Å². The lowest BCUT2D eigenvalue weighted by atomic mass is 9.99. The number of carbonyl (C=O) groups excluding carboxylic acids is 1. The second-order valence-corrected chi connectivity index (χ2v) is 5.92. The van der Waals surface area contributed by atoms with E-state index >= 15 is 0 Å². The highest BCUT2D eigenvalue weighted by Crippen LogP contribution is 2.32. The predicted molar refractivity (Wildman–Crippen MR) is 86.4 cm³/mol. The largest absolute Gasteiger partial charge is 0.399 e.